The van der Waals surface area contributed by atoms with E-state index in [1.807, 2.05) is 6.07 Å². The van der Waals surface area contributed by atoms with Gasteiger partial charge in [0.25, 0.3) is 0 Å². The van der Waals surface area contributed by atoms with Crippen LogP contribution in [0.15, 0.2) is 23.1 Å². The van der Waals surface area contributed by atoms with Crippen LogP contribution in [0.5, 0.6) is 0 Å². The average Bonchev–Trinajstić information content (AvgIpc) is 3.19. The van der Waals surface area contributed by atoms with E-state index in [1.54, 1.807) is 6.92 Å². The second kappa shape index (κ2) is 5.29. The van der Waals surface area contributed by atoms with Crippen molar-refractivity contribution in [3.63, 3.8) is 0 Å². The summed E-state index contributed by atoms with van der Waals surface area (Å²) in [5.41, 5.74) is 1.11. The summed E-state index contributed by atoms with van der Waals surface area (Å²) < 4.78 is 26.3. The van der Waals surface area contributed by atoms with Gasteiger partial charge in [-0.3, -0.25) is 0 Å². The molecule has 0 aromatic heterocycles. The molecule has 1 saturated carbocycles. The predicted octanol–water partition coefficient (Wildman–Crippen LogP) is 1.01. The molecule has 0 aliphatic heterocycles. The second-order valence-electron chi connectivity index (χ2n) is 4.66. The van der Waals surface area contributed by atoms with Crippen LogP contribution in [-0.4, -0.2) is 37.0 Å². The highest BCUT2D eigenvalue weighted by Crippen LogP contribution is 2.32. The lowest BCUT2D eigenvalue weighted by Gasteiger charge is -2.21. The van der Waals surface area contributed by atoms with Gasteiger partial charge in [0.1, 0.15) is 0 Å². The highest BCUT2D eigenvalue weighted by atomic mass is 32.2. The lowest BCUT2D eigenvalue weighted by atomic mass is 10.1. The number of rotatable bonds is 5. The first-order valence-corrected chi connectivity index (χ1v) is 7.58. The molecule has 0 amide bonds. The molecule has 1 aliphatic rings. The Morgan fingerprint density at radius 2 is 2.16 bits per heavy atom. The quantitative estimate of drug-likeness (QED) is 0.872. The molecule has 19 heavy (non-hydrogen) atoms. The van der Waals surface area contributed by atoms with Crippen LogP contribution < -0.4 is 0 Å². The first kappa shape index (κ1) is 14.0. The molecular formula is C13H16N2O3S. The highest BCUT2D eigenvalue weighted by Gasteiger charge is 2.37. The number of hydrogen-bond donors (Lipinski definition) is 1. The minimum atomic E-state index is -3.58. The molecule has 0 atom stereocenters. The zero-order chi connectivity index (χ0) is 14.0. The summed E-state index contributed by atoms with van der Waals surface area (Å²) >= 11 is 0. The first-order valence-electron chi connectivity index (χ1n) is 6.14. The van der Waals surface area contributed by atoms with Crippen LogP contribution in [0, 0.1) is 18.3 Å². The van der Waals surface area contributed by atoms with Gasteiger partial charge < -0.3 is 5.11 Å². The number of aryl methyl sites for hydroxylation is 1. The van der Waals surface area contributed by atoms with E-state index in [-0.39, 0.29) is 24.1 Å². The minimum absolute atomic E-state index is 0.00750. The Hall–Kier alpha value is -1.42. The van der Waals surface area contributed by atoms with Gasteiger partial charge in [-0.25, -0.2) is 8.42 Å². The number of aliphatic hydroxyl groups excluding tert-OH is 1. The number of nitriles is 1. The van der Waals surface area contributed by atoms with Gasteiger partial charge in [-0.15, -0.1) is 0 Å². The normalized spacial score (nSPS) is 15.5. The third-order valence-electron chi connectivity index (χ3n) is 3.20. The third-order valence-corrected chi connectivity index (χ3v) is 5.15. The zero-order valence-electron chi connectivity index (χ0n) is 10.7. The summed E-state index contributed by atoms with van der Waals surface area (Å²) in [7, 11) is -3.58. The summed E-state index contributed by atoms with van der Waals surface area (Å²) in [6, 6.07) is 6.51. The maximum Gasteiger partial charge on any atom is 0.243 e. The van der Waals surface area contributed by atoms with Crippen LogP contribution in [-0.2, 0) is 10.0 Å². The van der Waals surface area contributed by atoms with E-state index < -0.39 is 10.0 Å². The summed E-state index contributed by atoms with van der Waals surface area (Å²) in [5, 5.41) is 17.9. The van der Waals surface area contributed by atoms with Crippen molar-refractivity contribution in [1.29, 1.82) is 5.26 Å². The smallest absolute Gasteiger partial charge is 0.243 e. The molecule has 0 heterocycles. The Labute approximate surface area is 113 Å². The summed E-state index contributed by atoms with van der Waals surface area (Å²) in [6.07, 6.45) is 1.68. The molecule has 0 spiro atoms. The third kappa shape index (κ3) is 2.78. The monoisotopic (exact) mass is 280 g/mol. The molecule has 1 fully saturated rings. The van der Waals surface area contributed by atoms with Gasteiger partial charge in [-0.05, 0) is 43.5 Å². The topological polar surface area (TPSA) is 81.4 Å². The van der Waals surface area contributed by atoms with E-state index in [0.29, 0.717) is 11.1 Å². The second-order valence-corrected chi connectivity index (χ2v) is 6.55. The minimum Gasteiger partial charge on any atom is -0.395 e. The summed E-state index contributed by atoms with van der Waals surface area (Å²) in [4.78, 5) is 0.185. The number of aliphatic hydroxyl groups is 1. The molecule has 2 rings (SSSR count). The van der Waals surface area contributed by atoms with E-state index in [9.17, 15) is 8.42 Å². The van der Waals surface area contributed by atoms with Gasteiger partial charge in [0.2, 0.25) is 10.0 Å². The zero-order valence-corrected chi connectivity index (χ0v) is 11.5. The van der Waals surface area contributed by atoms with E-state index in [1.165, 1.54) is 22.5 Å². The van der Waals surface area contributed by atoms with Crippen molar-refractivity contribution in [2.24, 2.45) is 0 Å². The van der Waals surface area contributed by atoms with Gasteiger partial charge in [0.05, 0.1) is 23.1 Å². The van der Waals surface area contributed by atoms with E-state index >= 15 is 0 Å². The van der Waals surface area contributed by atoms with Gasteiger partial charge >= 0.3 is 0 Å². The molecule has 1 aliphatic carbocycles. The van der Waals surface area contributed by atoms with Crippen LogP contribution in [0.2, 0.25) is 0 Å². The number of hydrogen-bond acceptors (Lipinski definition) is 4. The van der Waals surface area contributed by atoms with Crippen molar-refractivity contribution < 1.29 is 13.5 Å². The molecule has 1 N–H and O–H groups in total. The molecule has 1 aromatic carbocycles. The fourth-order valence-corrected chi connectivity index (χ4v) is 3.78. The average molecular weight is 280 g/mol. The largest absolute Gasteiger partial charge is 0.395 e. The Morgan fingerprint density at radius 3 is 2.63 bits per heavy atom. The Bertz CT molecular complexity index is 615. The molecule has 6 heteroatoms. The Balaban J connectivity index is 2.38. The Kier molecular flexibility index (Phi) is 3.90. The maximum absolute atomic E-state index is 12.5. The van der Waals surface area contributed by atoms with Crippen LogP contribution >= 0.6 is 0 Å². The van der Waals surface area contributed by atoms with Crippen molar-refractivity contribution in [3.05, 3.63) is 29.3 Å². The van der Waals surface area contributed by atoms with Crippen molar-refractivity contribution >= 4 is 10.0 Å². The highest BCUT2D eigenvalue weighted by molar-refractivity contribution is 7.89. The summed E-state index contributed by atoms with van der Waals surface area (Å²) in [6.45, 7) is 1.64. The standard InChI is InChI=1S/C13H16N2O3S/c1-10-8-13(5-2-11(10)9-14)19(17,18)15(6-7-16)12-3-4-12/h2,5,8,12,16H,3-4,6-7H2,1H3. The predicted molar refractivity (Wildman–Crippen MR) is 69.9 cm³/mol. The molecule has 0 unspecified atom stereocenters. The van der Waals surface area contributed by atoms with Gasteiger partial charge in [0.15, 0.2) is 0 Å². The number of benzene rings is 1. The van der Waals surface area contributed by atoms with Gasteiger partial charge in [0, 0.05) is 12.6 Å². The molecule has 0 radical (unpaired) electrons. The SMILES string of the molecule is Cc1cc(S(=O)(=O)N(CCO)C2CC2)ccc1C#N. The lowest BCUT2D eigenvalue weighted by molar-refractivity contribution is 0.250. The molecular weight excluding hydrogens is 264 g/mol. The fourth-order valence-electron chi connectivity index (χ4n) is 2.02. The maximum atomic E-state index is 12.5. The van der Waals surface area contributed by atoms with Crippen LogP contribution in [0.25, 0.3) is 0 Å². The van der Waals surface area contributed by atoms with Crippen molar-refractivity contribution in [2.45, 2.75) is 30.7 Å². The van der Waals surface area contributed by atoms with Crippen molar-refractivity contribution in [1.82, 2.24) is 4.31 Å². The van der Waals surface area contributed by atoms with E-state index in [2.05, 4.69) is 0 Å². The van der Waals surface area contributed by atoms with Crippen LogP contribution in [0.1, 0.15) is 24.0 Å². The van der Waals surface area contributed by atoms with E-state index in [0.717, 1.165) is 12.8 Å². The number of nitrogens with zero attached hydrogens (tertiary/aromatic N) is 2. The van der Waals surface area contributed by atoms with Crippen LogP contribution in [0.3, 0.4) is 0 Å². The van der Waals surface area contributed by atoms with Crippen molar-refractivity contribution in [2.75, 3.05) is 13.2 Å². The fraction of sp³-hybridized carbons (Fsp3) is 0.462. The summed E-state index contributed by atoms with van der Waals surface area (Å²) in [5.74, 6) is 0. The van der Waals surface area contributed by atoms with Crippen LogP contribution in [0.4, 0.5) is 0 Å². The Morgan fingerprint density at radius 1 is 1.47 bits per heavy atom. The van der Waals surface area contributed by atoms with Crippen molar-refractivity contribution in [3.8, 4) is 6.07 Å². The molecule has 102 valence electrons. The molecule has 1 aromatic rings. The number of sulfonamides is 1. The molecule has 0 bridgehead atoms. The molecule has 5 nitrogen and oxygen atoms in total. The molecule has 0 saturated heterocycles. The van der Waals surface area contributed by atoms with Gasteiger partial charge in [-0.2, -0.15) is 9.57 Å². The van der Waals surface area contributed by atoms with Gasteiger partial charge in [-0.1, -0.05) is 0 Å². The first-order chi connectivity index (χ1) is 9.00. The van der Waals surface area contributed by atoms with E-state index in [4.69, 9.17) is 10.4 Å². The lowest BCUT2D eigenvalue weighted by Crippen LogP contribution is -2.35.